The van der Waals surface area contributed by atoms with Gasteiger partial charge in [-0.15, -0.1) is 0 Å². The molecule has 3 aromatic rings. The number of nitrogens with one attached hydrogen (secondary N) is 1. The fourth-order valence-electron chi connectivity index (χ4n) is 3.78. The van der Waals surface area contributed by atoms with Gasteiger partial charge in [-0.2, -0.15) is 0 Å². The maximum atomic E-state index is 13.1. The molecule has 0 unspecified atom stereocenters. The lowest BCUT2D eigenvalue weighted by atomic mass is 10.0. The van der Waals surface area contributed by atoms with E-state index in [2.05, 4.69) is 16.6 Å². The van der Waals surface area contributed by atoms with Crippen molar-refractivity contribution in [1.29, 1.82) is 0 Å². The number of carbonyl (C=O) groups is 1. The molecular weight excluding hydrogens is 438 g/mol. The van der Waals surface area contributed by atoms with E-state index in [-0.39, 0.29) is 21.8 Å². The van der Waals surface area contributed by atoms with Crippen LogP contribution in [-0.4, -0.2) is 19.3 Å². The van der Waals surface area contributed by atoms with Gasteiger partial charge in [0.15, 0.2) is 0 Å². The van der Waals surface area contributed by atoms with E-state index in [0.717, 1.165) is 35.2 Å². The SMILES string of the molecule is Cc1cc(C)c(Oc2nc(C3(C)CC3)ccc2C(=O)NS(=O)(=O)c2ccc(N)cc2)c(C)c1. The lowest BCUT2D eigenvalue weighted by molar-refractivity contribution is 0.0978. The molecule has 8 heteroatoms. The van der Waals surface area contributed by atoms with Crippen LogP contribution in [0.4, 0.5) is 5.69 Å². The number of nitrogens with zero attached hydrogens (tertiary/aromatic N) is 1. The number of carbonyl (C=O) groups excluding carboxylic acids is 1. The number of nitrogen functional groups attached to an aromatic ring is 1. The Kier molecular flexibility index (Phi) is 5.66. The number of ether oxygens (including phenoxy) is 1. The monoisotopic (exact) mass is 465 g/mol. The Bertz CT molecular complexity index is 1320. The van der Waals surface area contributed by atoms with E-state index in [1.54, 1.807) is 12.1 Å². The molecule has 1 aliphatic carbocycles. The summed E-state index contributed by atoms with van der Waals surface area (Å²) in [7, 11) is -4.10. The molecule has 1 aliphatic rings. The maximum absolute atomic E-state index is 13.1. The van der Waals surface area contributed by atoms with Crippen molar-refractivity contribution < 1.29 is 17.9 Å². The summed E-state index contributed by atoms with van der Waals surface area (Å²) in [5, 5.41) is 0. The molecule has 0 aliphatic heterocycles. The molecule has 3 N–H and O–H groups in total. The molecule has 1 amide bonds. The first kappa shape index (κ1) is 22.8. The van der Waals surface area contributed by atoms with Gasteiger partial charge in [-0.05, 0) is 81.1 Å². The van der Waals surface area contributed by atoms with Crippen molar-refractivity contribution in [3.8, 4) is 11.6 Å². The molecule has 1 aromatic heterocycles. The quantitative estimate of drug-likeness (QED) is 0.517. The van der Waals surface area contributed by atoms with Crippen LogP contribution in [0.25, 0.3) is 0 Å². The summed E-state index contributed by atoms with van der Waals surface area (Å²) >= 11 is 0. The Balaban J connectivity index is 1.72. The number of nitrogens with two attached hydrogens (primary N) is 1. The molecule has 4 rings (SSSR count). The summed E-state index contributed by atoms with van der Waals surface area (Å²) in [6.07, 6.45) is 2.00. The van der Waals surface area contributed by atoms with E-state index in [9.17, 15) is 13.2 Å². The Hall–Kier alpha value is -3.39. The summed E-state index contributed by atoms with van der Waals surface area (Å²) in [6, 6.07) is 12.9. The Labute approximate surface area is 194 Å². The van der Waals surface area contributed by atoms with Crippen LogP contribution in [0.15, 0.2) is 53.4 Å². The van der Waals surface area contributed by atoms with Crippen molar-refractivity contribution in [1.82, 2.24) is 9.71 Å². The first-order valence-corrected chi connectivity index (χ1v) is 12.2. The smallest absolute Gasteiger partial charge is 0.270 e. The zero-order valence-electron chi connectivity index (χ0n) is 19.1. The number of aromatic nitrogens is 1. The van der Waals surface area contributed by atoms with Gasteiger partial charge in [-0.25, -0.2) is 18.1 Å². The first-order valence-electron chi connectivity index (χ1n) is 10.7. The van der Waals surface area contributed by atoms with Crippen LogP contribution < -0.4 is 15.2 Å². The third kappa shape index (κ3) is 4.71. The molecule has 1 saturated carbocycles. The minimum absolute atomic E-state index is 0.0430. The van der Waals surface area contributed by atoms with E-state index < -0.39 is 15.9 Å². The molecule has 33 heavy (non-hydrogen) atoms. The van der Waals surface area contributed by atoms with Crippen molar-refractivity contribution in [2.45, 2.75) is 50.8 Å². The van der Waals surface area contributed by atoms with Crippen LogP contribution >= 0.6 is 0 Å². The number of amides is 1. The van der Waals surface area contributed by atoms with Crippen LogP contribution in [-0.2, 0) is 15.4 Å². The molecule has 172 valence electrons. The Morgan fingerprint density at radius 1 is 1.03 bits per heavy atom. The molecule has 0 spiro atoms. The van der Waals surface area contributed by atoms with Crippen molar-refractivity contribution in [2.24, 2.45) is 0 Å². The maximum Gasteiger partial charge on any atom is 0.270 e. The van der Waals surface area contributed by atoms with Gasteiger partial charge in [0, 0.05) is 11.1 Å². The zero-order chi connectivity index (χ0) is 24.0. The average Bonchev–Trinajstić information content (AvgIpc) is 3.49. The number of aryl methyl sites for hydroxylation is 3. The molecule has 0 bridgehead atoms. The number of hydrogen-bond acceptors (Lipinski definition) is 6. The van der Waals surface area contributed by atoms with E-state index in [0.29, 0.717) is 11.4 Å². The van der Waals surface area contributed by atoms with Gasteiger partial charge >= 0.3 is 0 Å². The van der Waals surface area contributed by atoms with Crippen LogP contribution in [0.5, 0.6) is 11.6 Å². The summed E-state index contributed by atoms with van der Waals surface area (Å²) in [6.45, 7) is 7.95. The largest absolute Gasteiger partial charge is 0.438 e. The first-order chi connectivity index (χ1) is 15.5. The molecule has 0 atom stereocenters. The van der Waals surface area contributed by atoms with Gasteiger partial charge in [0.05, 0.1) is 10.6 Å². The average molecular weight is 466 g/mol. The minimum atomic E-state index is -4.10. The zero-order valence-corrected chi connectivity index (χ0v) is 19.9. The molecule has 2 aromatic carbocycles. The highest BCUT2D eigenvalue weighted by Crippen LogP contribution is 2.47. The molecule has 0 saturated heterocycles. The lowest BCUT2D eigenvalue weighted by Gasteiger charge is -2.17. The van der Waals surface area contributed by atoms with E-state index in [1.165, 1.54) is 24.3 Å². The van der Waals surface area contributed by atoms with Gasteiger partial charge in [0.1, 0.15) is 11.3 Å². The van der Waals surface area contributed by atoms with Gasteiger partial charge in [0.25, 0.3) is 15.9 Å². The number of benzene rings is 2. The van der Waals surface area contributed by atoms with Crippen LogP contribution in [0.2, 0.25) is 0 Å². The summed E-state index contributed by atoms with van der Waals surface area (Å²) in [5.41, 5.74) is 9.76. The Morgan fingerprint density at radius 3 is 2.21 bits per heavy atom. The molecule has 7 nitrogen and oxygen atoms in total. The fourth-order valence-corrected chi connectivity index (χ4v) is 4.74. The van der Waals surface area contributed by atoms with Gasteiger partial charge < -0.3 is 10.5 Å². The minimum Gasteiger partial charge on any atom is -0.438 e. The third-order valence-corrected chi connectivity index (χ3v) is 7.29. The number of hydrogen-bond donors (Lipinski definition) is 2. The second-order valence-corrected chi connectivity index (χ2v) is 10.6. The van der Waals surface area contributed by atoms with Crippen molar-refractivity contribution in [3.63, 3.8) is 0 Å². The predicted octanol–water partition coefficient (Wildman–Crippen LogP) is 4.55. The van der Waals surface area contributed by atoms with Gasteiger partial charge in [-0.3, -0.25) is 4.79 Å². The highest BCUT2D eigenvalue weighted by molar-refractivity contribution is 7.90. The van der Waals surface area contributed by atoms with E-state index in [4.69, 9.17) is 10.5 Å². The summed E-state index contributed by atoms with van der Waals surface area (Å²) in [4.78, 5) is 17.7. The van der Waals surface area contributed by atoms with E-state index in [1.807, 2.05) is 32.9 Å². The lowest BCUT2D eigenvalue weighted by Crippen LogP contribution is -2.31. The number of rotatable bonds is 6. The van der Waals surface area contributed by atoms with Crippen molar-refractivity contribution >= 4 is 21.6 Å². The van der Waals surface area contributed by atoms with Crippen molar-refractivity contribution in [2.75, 3.05) is 5.73 Å². The molecule has 1 fully saturated rings. The van der Waals surface area contributed by atoms with Gasteiger partial charge in [0.2, 0.25) is 5.88 Å². The highest BCUT2D eigenvalue weighted by atomic mass is 32.2. The molecular formula is C25H27N3O4S. The number of sulfonamides is 1. The van der Waals surface area contributed by atoms with E-state index >= 15 is 0 Å². The van der Waals surface area contributed by atoms with Crippen LogP contribution in [0, 0.1) is 20.8 Å². The van der Waals surface area contributed by atoms with Crippen LogP contribution in [0.1, 0.15) is 52.5 Å². The Morgan fingerprint density at radius 2 is 1.64 bits per heavy atom. The summed E-state index contributed by atoms with van der Waals surface area (Å²) in [5.74, 6) is -0.133. The normalized spacial score (nSPS) is 14.5. The number of pyridine rings is 1. The van der Waals surface area contributed by atoms with Gasteiger partial charge in [-0.1, -0.05) is 24.6 Å². The van der Waals surface area contributed by atoms with Crippen molar-refractivity contribution in [3.05, 3.63) is 76.5 Å². The third-order valence-electron chi connectivity index (χ3n) is 5.94. The standard InChI is InChI=1S/C25H27N3O4S/c1-15-13-16(2)22(17(3)14-15)32-24-20(9-10-21(27-24)25(4)11-12-25)23(29)28-33(30,31)19-7-5-18(26)6-8-19/h5-10,13-14H,11-12,26H2,1-4H3,(H,28,29). The second kappa shape index (κ2) is 8.19. The summed E-state index contributed by atoms with van der Waals surface area (Å²) < 4.78 is 33.8. The molecule has 0 radical (unpaired) electrons. The topological polar surface area (TPSA) is 111 Å². The highest BCUT2D eigenvalue weighted by Gasteiger charge is 2.41. The molecule has 1 heterocycles. The predicted molar refractivity (Wildman–Crippen MR) is 127 cm³/mol. The second-order valence-electron chi connectivity index (χ2n) is 8.94. The van der Waals surface area contributed by atoms with Crippen LogP contribution in [0.3, 0.4) is 0 Å². The number of anilines is 1. The fraction of sp³-hybridized carbons (Fsp3) is 0.280.